The molecular formula is C12H21NO3. The van der Waals surface area contributed by atoms with Crippen molar-refractivity contribution >= 4 is 5.91 Å². The third-order valence-electron chi connectivity index (χ3n) is 2.73. The van der Waals surface area contributed by atoms with E-state index in [1.807, 2.05) is 27.7 Å². The Kier molecular flexibility index (Phi) is 3.18. The molecule has 92 valence electrons. The quantitative estimate of drug-likeness (QED) is 0.676. The van der Waals surface area contributed by atoms with E-state index in [9.17, 15) is 4.79 Å². The van der Waals surface area contributed by atoms with Gasteiger partial charge < -0.3 is 9.47 Å². The number of hydrogen-bond donors (Lipinski definition) is 0. The zero-order valence-corrected chi connectivity index (χ0v) is 11.0. The number of methoxy groups -OCH3 is 1. The molecular weight excluding hydrogens is 206 g/mol. The first kappa shape index (κ1) is 13.2. The van der Waals surface area contributed by atoms with Crippen LogP contribution in [0.3, 0.4) is 0 Å². The first-order valence-electron chi connectivity index (χ1n) is 5.35. The molecule has 0 radical (unpaired) electrons. The summed E-state index contributed by atoms with van der Waals surface area (Å²) in [5.41, 5.74) is -0.722. The van der Waals surface area contributed by atoms with Gasteiger partial charge in [-0.2, -0.15) is 0 Å². The van der Waals surface area contributed by atoms with E-state index in [0.717, 1.165) is 0 Å². The maximum Gasteiger partial charge on any atom is 0.253 e. The molecule has 1 fully saturated rings. The van der Waals surface area contributed by atoms with E-state index < -0.39 is 17.6 Å². The predicted octanol–water partition coefficient (Wildman–Crippen LogP) is 1.91. The van der Waals surface area contributed by atoms with E-state index in [1.165, 1.54) is 0 Å². The Morgan fingerprint density at radius 1 is 1.38 bits per heavy atom. The van der Waals surface area contributed by atoms with Crippen molar-refractivity contribution in [1.29, 1.82) is 0 Å². The van der Waals surface area contributed by atoms with Crippen LogP contribution in [0.4, 0.5) is 0 Å². The highest BCUT2D eigenvalue weighted by atomic mass is 16.6. The third kappa shape index (κ3) is 1.99. The Morgan fingerprint density at radius 2 is 1.88 bits per heavy atom. The van der Waals surface area contributed by atoms with E-state index in [2.05, 4.69) is 6.58 Å². The summed E-state index contributed by atoms with van der Waals surface area (Å²) in [7, 11) is 1.58. The highest BCUT2D eigenvalue weighted by Gasteiger charge is 2.54. The Morgan fingerprint density at radius 3 is 2.25 bits per heavy atom. The van der Waals surface area contributed by atoms with Crippen molar-refractivity contribution in [3.05, 3.63) is 12.2 Å². The van der Waals surface area contributed by atoms with Gasteiger partial charge in [-0.1, -0.05) is 6.58 Å². The summed E-state index contributed by atoms with van der Waals surface area (Å²) < 4.78 is 11.2. The van der Waals surface area contributed by atoms with E-state index >= 15 is 0 Å². The highest BCUT2D eigenvalue weighted by molar-refractivity contribution is 5.93. The van der Waals surface area contributed by atoms with Crippen LogP contribution in [0.5, 0.6) is 0 Å². The summed E-state index contributed by atoms with van der Waals surface area (Å²) in [6.45, 7) is 12.9. The van der Waals surface area contributed by atoms with Crippen molar-refractivity contribution in [3.63, 3.8) is 0 Å². The molecule has 0 aromatic carbocycles. The van der Waals surface area contributed by atoms with Gasteiger partial charge in [-0.3, -0.25) is 9.69 Å². The van der Waals surface area contributed by atoms with Crippen LogP contribution in [0.2, 0.25) is 0 Å². The van der Waals surface area contributed by atoms with E-state index in [4.69, 9.17) is 9.47 Å². The van der Waals surface area contributed by atoms with Gasteiger partial charge in [-0.25, -0.2) is 0 Å². The van der Waals surface area contributed by atoms with Crippen LogP contribution in [0.15, 0.2) is 12.2 Å². The molecule has 16 heavy (non-hydrogen) atoms. The summed E-state index contributed by atoms with van der Waals surface area (Å²) in [6, 6.07) is 0. The number of carbonyl (C=O) groups is 1. The van der Waals surface area contributed by atoms with Crippen molar-refractivity contribution < 1.29 is 14.3 Å². The lowest BCUT2D eigenvalue weighted by molar-refractivity contribution is -0.150. The third-order valence-corrected chi connectivity index (χ3v) is 2.73. The topological polar surface area (TPSA) is 38.8 Å². The van der Waals surface area contributed by atoms with Crippen LogP contribution >= 0.6 is 0 Å². The Labute approximate surface area is 97.2 Å². The van der Waals surface area contributed by atoms with Crippen LogP contribution in [0.25, 0.3) is 0 Å². The Bertz CT molecular complexity index is 320. The fourth-order valence-electron chi connectivity index (χ4n) is 2.28. The van der Waals surface area contributed by atoms with Crippen LogP contribution < -0.4 is 0 Å². The summed E-state index contributed by atoms with van der Waals surface area (Å²) in [6.07, 6.45) is -0.397. The average Bonchev–Trinajstić information content (AvgIpc) is 2.27. The molecule has 0 saturated carbocycles. The molecule has 0 spiro atoms. The molecule has 4 heteroatoms. The van der Waals surface area contributed by atoms with Gasteiger partial charge in [0, 0.05) is 12.7 Å². The number of nitrogens with zero attached hydrogens (tertiary/aromatic N) is 1. The van der Waals surface area contributed by atoms with Gasteiger partial charge in [0.1, 0.15) is 11.3 Å². The van der Waals surface area contributed by atoms with Crippen molar-refractivity contribution in [2.75, 3.05) is 7.11 Å². The van der Waals surface area contributed by atoms with Gasteiger partial charge in [0.15, 0.2) is 6.23 Å². The normalized spacial score (nSPS) is 26.9. The zero-order valence-electron chi connectivity index (χ0n) is 11.0. The van der Waals surface area contributed by atoms with Crippen LogP contribution in [0, 0.1) is 0 Å². The molecule has 4 nitrogen and oxygen atoms in total. The molecule has 1 amide bonds. The van der Waals surface area contributed by atoms with Crippen molar-refractivity contribution in [2.24, 2.45) is 0 Å². The fraction of sp³-hybridized carbons (Fsp3) is 0.750. The van der Waals surface area contributed by atoms with Crippen LogP contribution in [-0.2, 0) is 14.3 Å². The second-order valence-corrected chi connectivity index (χ2v) is 5.20. The molecule has 1 unspecified atom stereocenters. The summed E-state index contributed by atoms with van der Waals surface area (Å²) in [5.74, 6) is -0.137. The predicted molar refractivity (Wildman–Crippen MR) is 61.7 cm³/mol. The monoisotopic (exact) mass is 227 g/mol. The Hall–Kier alpha value is -0.870. The number of amides is 1. The summed E-state index contributed by atoms with van der Waals surface area (Å²) >= 11 is 0. The van der Waals surface area contributed by atoms with E-state index in [1.54, 1.807) is 18.9 Å². The second kappa shape index (κ2) is 3.86. The lowest BCUT2D eigenvalue weighted by Gasteiger charge is -2.33. The number of carbonyl (C=O) groups excluding carboxylic acids is 1. The largest absolute Gasteiger partial charge is 0.358 e. The number of rotatable bonds is 2. The summed E-state index contributed by atoms with van der Waals surface area (Å²) in [5, 5.41) is 0. The van der Waals surface area contributed by atoms with E-state index in [-0.39, 0.29) is 5.91 Å². The van der Waals surface area contributed by atoms with E-state index in [0.29, 0.717) is 5.57 Å². The molecule has 1 aliphatic rings. The minimum atomic E-state index is -0.680. The van der Waals surface area contributed by atoms with Gasteiger partial charge >= 0.3 is 0 Å². The van der Waals surface area contributed by atoms with Crippen molar-refractivity contribution in [2.45, 2.75) is 52.2 Å². The van der Waals surface area contributed by atoms with Crippen molar-refractivity contribution in [1.82, 2.24) is 4.90 Å². The zero-order chi connectivity index (χ0) is 12.7. The molecule has 1 atom stereocenters. The van der Waals surface area contributed by atoms with Gasteiger partial charge in [-0.05, 0) is 34.6 Å². The van der Waals surface area contributed by atoms with Crippen LogP contribution in [-0.4, -0.2) is 35.5 Å². The number of hydrogen-bond acceptors (Lipinski definition) is 3. The van der Waals surface area contributed by atoms with Gasteiger partial charge in [-0.15, -0.1) is 0 Å². The average molecular weight is 227 g/mol. The molecule has 1 heterocycles. The first-order chi connectivity index (χ1) is 7.13. The SMILES string of the molecule is C=C(C)C(=O)N1C(OC)C(C)(C)OC1(C)C. The molecule has 1 saturated heterocycles. The minimum absolute atomic E-state index is 0.137. The lowest BCUT2D eigenvalue weighted by Crippen LogP contribution is -2.50. The molecule has 0 N–H and O–H groups in total. The van der Waals surface area contributed by atoms with Crippen LogP contribution in [0.1, 0.15) is 34.6 Å². The highest BCUT2D eigenvalue weighted by Crippen LogP contribution is 2.39. The molecule has 1 rings (SSSR count). The maximum absolute atomic E-state index is 12.1. The minimum Gasteiger partial charge on any atom is -0.358 e. The standard InChI is InChI=1S/C12H21NO3/c1-8(2)9(14)13-10(15-7)11(3,4)16-12(13,5)6/h10H,1H2,2-7H3. The number of ether oxygens (including phenoxy) is 2. The lowest BCUT2D eigenvalue weighted by atomic mass is 10.1. The van der Waals surface area contributed by atoms with Gasteiger partial charge in [0.2, 0.25) is 0 Å². The van der Waals surface area contributed by atoms with Crippen molar-refractivity contribution in [3.8, 4) is 0 Å². The smallest absolute Gasteiger partial charge is 0.253 e. The molecule has 1 aliphatic heterocycles. The maximum atomic E-state index is 12.1. The summed E-state index contributed by atoms with van der Waals surface area (Å²) in [4.78, 5) is 13.7. The molecule has 0 aliphatic carbocycles. The first-order valence-corrected chi connectivity index (χ1v) is 5.35. The molecule has 0 bridgehead atoms. The van der Waals surface area contributed by atoms with Gasteiger partial charge in [0.25, 0.3) is 5.91 Å². The Balaban J connectivity index is 3.13. The van der Waals surface area contributed by atoms with Gasteiger partial charge in [0.05, 0.1) is 0 Å². The second-order valence-electron chi connectivity index (χ2n) is 5.20. The molecule has 0 aromatic heterocycles. The fourth-order valence-corrected chi connectivity index (χ4v) is 2.28. The molecule has 0 aromatic rings.